The fourth-order valence-electron chi connectivity index (χ4n) is 2.28. The maximum absolute atomic E-state index is 12.1. The monoisotopic (exact) mass is 321 g/mol. The number of thiazole rings is 1. The van der Waals surface area contributed by atoms with E-state index in [9.17, 15) is 4.79 Å². The van der Waals surface area contributed by atoms with Gasteiger partial charge in [0.25, 0.3) is 0 Å². The molecule has 1 atom stereocenters. The molecule has 0 aromatic carbocycles. The number of carbonyl (C=O) groups is 1. The van der Waals surface area contributed by atoms with Crippen molar-refractivity contribution in [2.24, 2.45) is 0 Å². The molecular formula is C15H23N5OS. The van der Waals surface area contributed by atoms with E-state index in [1.807, 2.05) is 37.8 Å². The van der Waals surface area contributed by atoms with Crippen LogP contribution in [-0.4, -0.2) is 27.3 Å². The first-order valence-corrected chi connectivity index (χ1v) is 8.31. The molecule has 0 saturated heterocycles. The summed E-state index contributed by atoms with van der Waals surface area (Å²) >= 11 is 1.63. The number of aromatic nitrogens is 3. The third kappa shape index (κ3) is 3.65. The molecule has 0 radical (unpaired) electrons. The van der Waals surface area contributed by atoms with E-state index in [0.29, 0.717) is 6.54 Å². The molecule has 2 N–H and O–H groups in total. The van der Waals surface area contributed by atoms with Gasteiger partial charge in [-0.25, -0.2) is 9.78 Å². The number of amides is 2. The third-order valence-electron chi connectivity index (χ3n) is 3.55. The number of urea groups is 1. The summed E-state index contributed by atoms with van der Waals surface area (Å²) in [7, 11) is 0. The van der Waals surface area contributed by atoms with Crippen molar-refractivity contribution < 1.29 is 4.79 Å². The van der Waals surface area contributed by atoms with Crippen LogP contribution in [0, 0.1) is 20.8 Å². The van der Waals surface area contributed by atoms with Crippen LogP contribution >= 0.6 is 11.3 Å². The number of rotatable bonds is 5. The number of aryl methyl sites for hydroxylation is 3. The van der Waals surface area contributed by atoms with Crippen LogP contribution in [-0.2, 0) is 6.54 Å². The summed E-state index contributed by atoms with van der Waals surface area (Å²) in [6.07, 6.45) is 0. The summed E-state index contributed by atoms with van der Waals surface area (Å²) in [6.45, 7) is 11.3. The number of nitrogens with zero attached hydrogens (tertiary/aromatic N) is 3. The molecule has 120 valence electrons. The summed E-state index contributed by atoms with van der Waals surface area (Å²) in [5, 5.41) is 13.3. The smallest absolute Gasteiger partial charge is 0.319 e. The zero-order valence-corrected chi connectivity index (χ0v) is 14.5. The van der Waals surface area contributed by atoms with E-state index in [2.05, 4.69) is 27.6 Å². The lowest BCUT2D eigenvalue weighted by Gasteiger charge is -2.11. The van der Waals surface area contributed by atoms with E-state index in [0.717, 1.165) is 34.3 Å². The summed E-state index contributed by atoms with van der Waals surface area (Å²) in [4.78, 5) is 16.5. The Bertz CT molecular complexity index is 661. The molecule has 7 heteroatoms. The molecule has 0 spiro atoms. The molecule has 0 aliphatic carbocycles. The molecule has 0 aliphatic heterocycles. The van der Waals surface area contributed by atoms with Crippen molar-refractivity contribution in [1.29, 1.82) is 0 Å². The predicted molar refractivity (Wildman–Crippen MR) is 89.7 cm³/mol. The van der Waals surface area contributed by atoms with E-state index >= 15 is 0 Å². The van der Waals surface area contributed by atoms with Crippen LogP contribution in [0.15, 0.2) is 5.38 Å². The standard InChI is InChI=1S/C15H23N5OS/c1-6-20-12(5)13(11(4)19-20)18-15(21)16-7-9(2)14-17-10(3)8-22-14/h8-9H,6-7H2,1-5H3,(H2,16,18,21)/t9-/m1/s1. The Labute approximate surface area is 135 Å². The van der Waals surface area contributed by atoms with Crippen molar-refractivity contribution in [2.75, 3.05) is 11.9 Å². The van der Waals surface area contributed by atoms with Gasteiger partial charge >= 0.3 is 6.03 Å². The van der Waals surface area contributed by atoms with Crippen LogP contribution in [0.25, 0.3) is 0 Å². The molecule has 2 rings (SSSR count). The van der Waals surface area contributed by atoms with Gasteiger partial charge in [0.05, 0.1) is 22.1 Å². The first kappa shape index (κ1) is 16.5. The highest BCUT2D eigenvalue weighted by molar-refractivity contribution is 7.09. The van der Waals surface area contributed by atoms with Gasteiger partial charge < -0.3 is 10.6 Å². The van der Waals surface area contributed by atoms with Gasteiger partial charge in [0, 0.05) is 30.1 Å². The lowest BCUT2D eigenvalue weighted by Crippen LogP contribution is -2.32. The Kier molecular flexibility index (Phi) is 5.18. The second-order valence-corrected chi connectivity index (χ2v) is 6.31. The summed E-state index contributed by atoms with van der Waals surface area (Å²) < 4.78 is 1.88. The van der Waals surface area contributed by atoms with Gasteiger partial charge in [0.2, 0.25) is 0 Å². The van der Waals surface area contributed by atoms with Crippen LogP contribution < -0.4 is 10.6 Å². The van der Waals surface area contributed by atoms with Gasteiger partial charge in [0.15, 0.2) is 0 Å². The van der Waals surface area contributed by atoms with E-state index < -0.39 is 0 Å². The third-order valence-corrected chi connectivity index (χ3v) is 4.74. The zero-order valence-electron chi connectivity index (χ0n) is 13.7. The van der Waals surface area contributed by atoms with Gasteiger partial charge in [-0.1, -0.05) is 6.92 Å². The molecule has 0 bridgehead atoms. The van der Waals surface area contributed by atoms with E-state index in [1.165, 1.54) is 0 Å². The maximum Gasteiger partial charge on any atom is 0.319 e. The van der Waals surface area contributed by atoms with Gasteiger partial charge in [-0.05, 0) is 27.7 Å². The topological polar surface area (TPSA) is 71.8 Å². The Hall–Kier alpha value is -1.89. The quantitative estimate of drug-likeness (QED) is 0.888. The lowest BCUT2D eigenvalue weighted by atomic mass is 10.2. The van der Waals surface area contributed by atoms with Crippen molar-refractivity contribution in [1.82, 2.24) is 20.1 Å². The van der Waals surface area contributed by atoms with Crippen molar-refractivity contribution >= 4 is 23.1 Å². The summed E-state index contributed by atoms with van der Waals surface area (Å²) in [6, 6.07) is -0.206. The average Bonchev–Trinajstić information content (AvgIpc) is 3.03. The molecule has 6 nitrogen and oxygen atoms in total. The van der Waals surface area contributed by atoms with Crippen LogP contribution in [0.3, 0.4) is 0 Å². The highest BCUT2D eigenvalue weighted by atomic mass is 32.1. The van der Waals surface area contributed by atoms with E-state index in [1.54, 1.807) is 11.3 Å². The lowest BCUT2D eigenvalue weighted by molar-refractivity contribution is 0.251. The molecule has 0 unspecified atom stereocenters. The second-order valence-electron chi connectivity index (χ2n) is 5.42. The van der Waals surface area contributed by atoms with Crippen LogP contribution in [0.4, 0.5) is 10.5 Å². The number of anilines is 1. The first-order chi connectivity index (χ1) is 10.4. The first-order valence-electron chi connectivity index (χ1n) is 7.43. The molecule has 0 saturated carbocycles. The zero-order chi connectivity index (χ0) is 16.3. The minimum atomic E-state index is -0.206. The van der Waals surface area contributed by atoms with E-state index in [4.69, 9.17) is 0 Å². The molecule has 2 heterocycles. The molecule has 2 aromatic rings. The predicted octanol–water partition coefficient (Wildman–Crippen LogP) is 3.21. The highest BCUT2D eigenvalue weighted by Gasteiger charge is 2.15. The van der Waals surface area contributed by atoms with Crippen molar-refractivity contribution in [3.63, 3.8) is 0 Å². The van der Waals surface area contributed by atoms with Crippen LogP contribution in [0.1, 0.15) is 41.9 Å². The minimum Gasteiger partial charge on any atom is -0.337 e. The second kappa shape index (κ2) is 6.91. The SMILES string of the molecule is CCn1nc(C)c(NC(=O)NC[C@@H](C)c2nc(C)cs2)c1C. The number of nitrogens with one attached hydrogen (secondary N) is 2. The highest BCUT2D eigenvalue weighted by Crippen LogP contribution is 2.20. The van der Waals surface area contributed by atoms with Crippen LogP contribution in [0.2, 0.25) is 0 Å². The molecular weight excluding hydrogens is 298 g/mol. The van der Waals surface area contributed by atoms with Crippen molar-refractivity contribution in [2.45, 2.75) is 47.1 Å². The van der Waals surface area contributed by atoms with Gasteiger partial charge in [0.1, 0.15) is 0 Å². The Balaban J connectivity index is 1.92. The molecule has 0 fully saturated rings. The average molecular weight is 321 g/mol. The van der Waals surface area contributed by atoms with Crippen molar-refractivity contribution in [3.8, 4) is 0 Å². The summed E-state index contributed by atoms with van der Waals surface area (Å²) in [5.74, 6) is 0.199. The van der Waals surface area contributed by atoms with Crippen molar-refractivity contribution in [3.05, 3.63) is 27.5 Å². The molecule has 2 amide bonds. The largest absolute Gasteiger partial charge is 0.337 e. The number of hydrogen-bond donors (Lipinski definition) is 2. The summed E-state index contributed by atoms with van der Waals surface area (Å²) in [5.41, 5.74) is 3.61. The number of hydrogen-bond acceptors (Lipinski definition) is 4. The number of carbonyl (C=O) groups excluding carboxylic acids is 1. The Morgan fingerprint density at radius 1 is 1.41 bits per heavy atom. The minimum absolute atomic E-state index is 0.199. The Morgan fingerprint density at radius 3 is 2.68 bits per heavy atom. The Morgan fingerprint density at radius 2 is 2.14 bits per heavy atom. The van der Waals surface area contributed by atoms with Gasteiger partial charge in [-0.2, -0.15) is 5.10 Å². The molecule has 22 heavy (non-hydrogen) atoms. The fraction of sp³-hybridized carbons (Fsp3) is 0.533. The molecule has 0 aliphatic rings. The normalized spacial score (nSPS) is 12.2. The fourth-order valence-corrected chi connectivity index (χ4v) is 3.13. The van der Waals surface area contributed by atoms with Gasteiger partial charge in [-0.15, -0.1) is 11.3 Å². The van der Waals surface area contributed by atoms with E-state index in [-0.39, 0.29) is 11.9 Å². The van der Waals surface area contributed by atoms with Crippen LogP contribution in [0.5, 0.6) is 0 Å². The van der Waals surface area contributed by atoms with Gasteiger partial charge in [-0.3, -0.25) is 4.68 Å². The molecule has 2 aromatic heterocycles. The maximum atomic E-state index is 12.1.